The normalized spacial score (nSPS) is 15.4. The summed E-state index contributed by atoms with van der Waals surface area (Å²) in [5, 5.41) is 0. The monoisotopic (exact) mass is 423 g/mol. The van der Waals surface area contributed by atoms with Gasteiger partial charge in [-0.2, -0.15) is 0 Å². The highest BCUT2D eigenvalue weighted by Crippen LogP contribution is 2.32. The Hall–Kier alpha value is -2.64. The molecule has 0 radical (unpaired) electrons. The van der Waals surface area contributed by atoms with Crippen molar-refractivity contribution in [2.45, 2.75) is 51.9 Å². The molecule has 1 heterocycles. The van der Waals surface area contributed by atoms with Crippen molar-refractivity contribution in [1.29, 1.82) is 0 Å². The third-order valence-corrected chi connectivity index (χ3v) is 6.75. The number of hydrogen-bond donors (Lipinski definition) is 0. The first kappa shape index (κ1) is 22.6. The van der Waals surface area contributed by atoms with Crippen LogP contribution in [-0.2, 0) is 12.8 Å². The highest BCUT2D eigenvalue weighted by molar-refractivity contribution is 5.91. The van der Waals surface area contributed by atoms with Gasteiger partial charge in [0.2, 0.25) is 0 Å². The number of hydrogen-bond acceptors (Lipinski definition) is 1. The molecule has 166 valence electrons. The summed E-state index contributed by atoms with van der Waals surface area (Å²) in [5.41, 5.74) is 8.43. The summed E-state index contributed by atoms with van der Waals surface area (Å²) in [7, 11) is 0. The molecule has 1 saturated heterocycles. The topological polar surface area (TPSA) is 3.24 Å². The van der Waals surface area contributed by atoms with Crippen LogP contribution in [0.3, 0.4) is 0 Å². The lowest BCUT2D eigenvalue weighted by molar-refractivity contribution is 0.226. The van der Waals surface area contributed by atoms with Crippen molar-refractivity contribution in [2.24, 2.45) is 0 Å². The fourth-order valence-corrected chi connectivity index (χ4v) is 4.98. The number of allylic oxidation sites excluding steroid dienone is 2. The summed E-state index contributed by atoms with van der Waals surface area (Å²) in [6, 6.07) is 31.2. The molecule has 3 aromatic rings. The Kier molecular flexibility index (Phi) is 8.34. The van der Waals surface area contributed by atoms with E-state index < -0.39 is 0 Å². The molecule has 1 heteroatoms. The van der Waals surface area contributed by atoms with Crippen LogP contribution in [0.2, 0.25) is 0 Å². The van der Waals surface area contributed by atoms with Crippen molar-refractivity contribution in [3.63, 3.8) is 0 Å². The summed E-state index contributed by atoms with van der Waals surface area (Å²) in [4.78, 5) is 2.64. The molecule has 0 aromatic heterocycles. The van der Waals surface area contributed by atoms with E-state index in [1.165, 1.54) is 85.1 Å². The van der Waals surface area contributed by atoms with Crippen molar-refractivity contribution in [1.82, 2.24) is 4.90 Å². The Labute approximate surface area is 194 Å². The van der Waals surface area contributed by atoms with Crippen LogP contribution in [0.15, 0.2) is 84.9 Å². The third kappa shape index (κ3) is 6.20. The summed E-state index contributed by atoms with van der Waals surface area (Å²) in [6.45, 7) is 6.12. The average molecular weight is 424 g/mol. The van der Waals surface area contributed by atoms with Crippen molar-refractivity contribution < 1.29 is 0 Å². The second-order valence-corrected chi connectivity index (χ2v) is 9.04. The van der Waals surface area contributed by atoms with Gasteiger partial charge in [-0.05, 0) is 91.6 Å². The molecule has 1 aliphatic heterocycles. The fraction of sp³-hybridized carbons (Fsp3) is 0.355. The Morgan fingerprint density at radius 1 is 0.656 bits per heavy atom. The van der Waals surface area contributed by atoms with Crippen molar-refractivity contribution in [3.05, 3.63) is 107 Å². The van der Waals surface area contributed by atoms with E-state index in [9.17, 15) is 0 Å². The lowest BCUT2D eigenvalue weighted by Gasteiger charge is -2.26. The summed E-state index contributed by atoms with van der Waals surface area (Å²) in [5.74, 6) is 0. The minimum Gasteiger partial charge on any atom is -0.303 e. The molecule has 0 aliphatic carbocycles. The maximum atomic E-state index is 2.64. The molecule has 1 aliphatic rings. The van der Waals surface area contributed by atoms with Gasteiger partial charge in [0, 0.05) is 0 Å². The zero-order valence-corrected chi connectivity index (χ0v) is 19.6. The van der Waals surface area contributed by atoms with Crippen LogP contribution in [-0.4, -0.2) is 24.5 Å². The SMILES string of the molecule is CC/C(=C(\Cc1ccccc1)c1ccc(CCCN2CCCCC2)cc1)c1ccccc1. The molecule has 0 unspecified atom stereocenters. The zero-order chi connectivity index (χ0) is 22.0. The van der Waals surface area contributed by atoms with Crippen LogP contribution in [0.25, 0.3) is 11.1 Å². The molecule has 0 amide bonds. The van der Waals surface area contributed by atoms with Crippen molar-refractivity contribution in [2.75, 3.05) is 19.6 Å². The quantitative estimate of drug-likeness (QED) is 0.319. The number of likely N-dealkylation sites (tertiary alicyclic amines) is 1. The number of piperidine rings is 1. The highest BCUT2D eigenvalue weighted by atomic mass is 15.1. The number of nitrogens with zero attached hydrogens (tertiary/aromatic N) is 1. The van der Waals surface area contributed by atoms with E-state index in [0.717, 1.165) is 12.8 Å². The molecule has 4 rings (SSSR count). The second kappa shape index (κ2) is 11.8. The molecule has 0 N–H and O–H groups in total. The van der Waals surface area contributed by atoms with Crippen LogP contribution in [0.5, 0.6) is 0 Å². The van der Waals surface area contributed by atoms with E-state index in [2.05, 4.69) is 96.8 Å². The van der Waals surface area contributed by atoms with Gasteiger partial charge in [-0.15, -0.1) is 0 Å². The Morgan fingerprint density at radius 2 is 1.28 bits per heavy atom. The summed E-state index contributed by atoms with van der Waals surface area (Å²) in [6.07, 6.45) is 8.61. The summed E-state index contributed by atoms with van der Waals surface area (Å²) < 4.78 is 0. The first-order chi connectivity index (χ1) is 15.8. The highest BCUT2D eigenvalue weighted by Gasteiger charge is 2.12. The molecule has 1 fully saturated rings. The van der Waals surface area contributed by atoms with Gasteiger partial charge in [0.15, 0.2) is 0 Å². The average Bonchev–Trinajstić information content (AvgIpc) is 2.86. The molecule has 0 atom stereocenters. The van der Waals surface area contributed by atoms with Crippen LogP contribution < -0.4 is 0 Å². The van der Waals surface area contributed by atoms with Crippen LogP contribution in [0, 0.1) is 0 Å². The first-order valence-corrected chi connectivity index (χ1v) is 12.5. The number of rotatable bonds is 9. The van der Waals surface area contributed by atoms with Gasteiger partial charge in [-0.1, -0.05) is 98.3 Å². The summed E-state index contributed by atoms with van der Waals surface area (Å²) >= 11 is 0. The fourth-order valence-electron chi connectivity index (χ4n) is 4.98. The predicted molar refractivity (Wildman–Crippen MR) is 139 cm³/mol. The van der Waals surface area contributed by atoms with E-state index in [1.807, 2.05) is 0 Å². The van der Waals surface area contributed by atoms with Gasteiger partial charge >= 0.3 is 0 Å². The molecular weight excluding hydrogens is 386 g/mol. The molecular formula is C31H37N. The van der Waals surface area contributed by atoms with Gasteiger partial charge in [0.05, 0.1) is 0 Å². The lowest BCUT2D eigenvalue weighted by Crippen LogP contribution is -2.30. The number of benzene rings is 3. The maximum Gasteiger partial charge on any atom is -0.00156 e. The van der Waals surface area contributed by atoms with E-state index in [-0.39, 0.29) is 0 Å². The standard InChI is InChI=1S/C31H37N/c1-2-30(28-16-8-4-9-17-28)31(25-27-13-6-3-7-14-27)29-20-18-26(19-21-29)15-12-24-32-22-10-5-11-23-32/h3-4,6-9,13-14,16-21H,2,5,10-12,15,22-25H2,1H3/b31-30-. The largest absolute Gasteiger partial charge is 0.303 e. The smallest absolute Gasteiger partial charge is 0.00156 e. The Morgan fingerprint density at radius 3 is 1.94 bits per heavy atom. The van der Waals surface area contributed by atoms with Crippen LogP contribution in [0.1, 0.15) is 61.3 Å². The minimum absolute atomic E-state index is 0.965. The zero-order valence-electron chi connectivity index (χ0n) is 19.6. The maximum absolute atomic E-state index is 2.64. The molecule has 1 nitrogen and oxygen atoms in total. The van der Waals surface area contributed by atoms with Gasteiger partial charge in [0.1, 0.15) is 0 Å². The van der Waals surface area contributed by atoms with Gasteiger partial charge in [0.25, 0.3) is 0 Å². The Bertz CT molecular complexity index is 964. The minimum atomic E-state index is 0.965. The molecule has 32 heavy (non-hydrogen) atoms. The van der Waals surface area contributed by atoms with Gasteiger partial charge in [-0.3, -0.25) is 0 Å². The third-order valence-electron chi connectivity index (χ3n) is 6.75. The Balaban J connectivity index is 1.53. The lowest BCUT2D eigenvalue weighted by atomic mass is 9.88. The van der Waals surface area contributed by atoms with E-state index in [1.54, 1.807) is 0 Å². The van der Waals surface area contributed by atoms with Crippen LogP contribution >= 0.6 is 0 Å². The first-order valence-electron chi connectivity index (χ1n) is 12.5. The van der Waals surface area contributed by atoms with Crippen molar-refractivity contribution >= 4 is 11.1 Å². The van der Waals surface area contributed by atoms with Crippen molar-refractivity contribution in [3.8, 4) is 0 Å². The molecule has 3 aromatic carbocycles. The van der Waals surface area contributed by atoms with Crippen LogP contribution in [0.4, 0.5) is 0 Å². The second-order valence-electron chi connectivity index (χ2n) is 9.04. The van der Waals surface area contributed by atoms with Gasteiger partial charge < -0.3 is 4.90 Å². The van der Waals surface area contributed by atoms with E-state index in [4.69, 9.17) is 0 Å². The van der Waals surface area contributed by atoms with Gasteiger partial charge in [-0.25, -0.2) is 0 Å². The molecule has 0 saturated carbocycles. The van der Waals surface area contributed by atoms with E-state index >= 15 is 0 Å². The van der Waals surface area contributed by atoms with E-state index in [0.29, 0.717) is 0 Å². The molecule has 0 spiro atoms. The molecule has 0 bridgehead atoms. The number of aryl methyl sites for hydroxylation is 1. The predicted octanol–water partition coefficient (Wildman–Crippen LogP) is 7.67.